The molecule has 2 bridgehead atoms. The number of alkyl halides is 3. The molecule has 0 radical (unpaired) electrons. The van der Waals surface area contributed by atoms with Crippen LogP contribution in [0.25, 0.3) is 10.9 Å². The summed E-state index contributed by atoms with van der Waals surface area (Å²) in [5, 5.41) is 7.45. The number of hydrogen-bond acceptors (Lipinski definition) is 7. The van der Waals surface area contributed by atoms with Crippen LogP contribution >= 0.6 is 0 Å². The second kappa shape index (κ2) is 12.8. The minimum Gasteiger partial charge on any atom is -0.492 e. The Kier molecular flexibility index (Phi) is 8.96. The molecule has 3 aromatic rings. The van der Waals surface area contributed by atoms with Crippen LogP contribution in [0.3, 0.4) is 0 Å². The first-order chi connectivity index (χ1) is 21.5. The molecule has 1 aromatic heterocycles. The highest BCUT2D eigenvalue weighted by atomic mass is 32.2. The van der Waals surface area contributed by atoms with Crippen LogP contribution in [0.5, 0.6) is 5.75 Å². The topological polar surface area (TPSA) is 84.8 Å². The van der Waals surface area contributed by atoms with E-state index in [4.69, 9.17) is 9.47 Å². The molecular weight excluding hydrogens is 605 g/mol. The summed E-state index contributed by atoms with van der Waals surface area (Å²) in [4.78, 5) is 2.71. The van der Waals surface area contributed by atoms with Crippen molar-refractivity contribution in [3.05, 3.63) is 48.2 Å². The van der Waals surface area contributed by atoms with Crippen molar-refractivity contribution in [2.75, 3.05) is 43.1 Å². The van der Waals surface area contributed by atoms with Gasteiger partial charge in [0.15, 0.2) is 9.84 Å². The minimum atomic E-state index is -4.42. The number of ether oxygens (including phenoxy) is 2. The molecule has 3 saturated heterocycles. The number of morpholine rings is 1. The van der Waals surface area contributed by atoms with Gasteiger partial charge in [0.05, 0.1) is 47.2 Å². The number of aromatic nitrogens is 1. The van der Waals surface area contributed by atoms with Crippen molar-refractivity contribution >= 4 is 32.1 Å². The van der Waals surface area contributed by atoms with Crippen LogP contribution in [-0.4, -0.2) is 80.8 Å². The van der Waals surface area contributed by atoms with Gasteiger partial charge in [0, 0.05) is 55.0 Å². The number of halogens is 3. The molecule has 4 heterocycles. The van der Waals surface area contributed by atoms with Crippen LogP contribution < -0.4 is 15.4 Å². The first kappa shape index (κ1) is 31.6. The van der Waals surface area contributed by atoms with Gasteiger partial charge in [0.25, 0.3) is 0 Å². The maximum atomic E-state index is 13.7. The first-order valence-corrected chi connectivity index (χ1v) is 17.4. The van der Waals surface area contributed by atoms with Gasteiger partial charge < -0.3 is 24.7 Å². The van der Waals surface area contributed by atoms with Crippen LogP contribution in [0.1, 0.15) is 44.7 Å². The van der Waals surface area contributed by atoms with E-state index in [0.717, 1.165) is 50.7 Å². The second-order valence-electron chi connectivity index (χ2n) is 12.2. The fourth-order valence-electron chi connectivity index (χ4n) is 6.78. The van der Waals surface area contributed by atoms with Gasteiger partial charge in [-0.05, 0) is 68.9 Å². The molecule has 2 unspecified atom stereocenters. The Hall–Kier alpha value is -3.40. The summed E-state index contributed by atoms with van der Waals surface area (Å²) in [6, 6.07) is 12.5. The summed E-state index contributed by atoms with van der Waals surface area (Å²) in [7, 11) is -3.42. The number of sulfone groups is 1. The lowest BCUT2D eigenvalue weighted by atomic mass is 9.87. The van der Waals surface area contributed by atoms with Gasteiger partial charge >= 0.3 is 6.18 Å². The molecule has 242 valence electrons. The number of piperidine rings is 1. The highest BCUT2D eigenvalue weighted by molar-refractivity contribution is 7.90. The smallest absolute Gasteiger partial charge is 0.406 e. The highest BCUT2D eigenvalue weighted by Crippen LogP contribution is 2.35. The highest BCUT2D eigenvalue weighted by Gasteiger charge is 2.41. The monoisotopic (exact) mass is 644 g/mol. The van der Waals surface area contributed by atoms with E-state index >= 15 is 0 Å². The Balaban J connectivity index is 1.17. The van der Waals surface area contributed by atoms with Gasteiger partial charge in [-0.2, -0.15) is 13.2 Å². The molecule has 4 aliphatic rings. The molecule has 1 saturated carbocycles. The van der Waals surface area contributed by atoms with E-state index in [1.165, 1.54) is 23.1 Å². The molecule has 45 heavy (non-hydrogen) atoms. The lowest BCUT2D eigenvalue weighted by molar-refractivity contribution is -0.189. The summed E-state index contributed by atoms with van der Waals surface area (Å²) >= 11 is 0. The Labute approximate surface area is 262 Å². The van der Waals surface area contributed by atoms with Crippen molar-refractivity contribution in [2.24, 2.45) is 0 Å². The molecule has 0 spiro atoms. The predicted molar refractivity (Wildman–Crippen MR) is 169 cm³/mol. The summed E-state index contributed by atoms with van der Waals surface area (Å²) in [5.41, 5.74) is 2.11. The van der Waals surface area contributed by atoms with E-state index in [9.17, 15) is 21.6 Å². The van der Waals surface area contributed by atoms with E-state index < -0.39 is 22.6 Å². The number of hydrogen-bond donors (Lipinski definition) is 2. The van der Waals surface area contributed by atoms with Crippen LogP contribution in [0, 0.1) is 11.8 Å². The molecule has 4 fully saturated rings. The van der Waals surface area contributed by atoms with Gasteiger partial charge in [-0.1, -0.05) is 12.0 Å². The first-order valence-electron chi connectivity index (χ1n) is 15.5. The molecule has 7 rings (SSSR count). The van der Waals surface area contributed by atoms with Crippen LogP contribution in [0.15, 0.2) is 47.4 Å². The molecule has 3 aliphatic heterocycles. The van der Waals surface area contributed by atoms with Crippen molar-refractivity contribution < 1.29 is 31.1 Å². The molecule has 1 aliphatic carbocycles. The molecule has 2 atom stereocenters. The Morgan fingerprint density at radius 3 is 2.44 bits per heavy atom. The summed E-state index contributed by atoms with van der Waals surface area (Å²) in [6.45, 7) is 3.13. The predicted octanol–water partition coefficient (Wildman–Crippen LogP) is 5.67. The van der Waals surface area contributed by atoms with Crippen molar-refractivity contribution in [3.63, 3.8) is 0 Å². The third-order valence-electron chi connectivity index (χ3n) is 8.91. The van der Waals surface area contributed by atoms with Gasteiger partial charge in [0.1, 0.15) is 12.3 Å². The van der Waals surface area contributed by atoms with Crippen molar-refractivity contribution in [3.8, 4) is 17.6 Å². The summed E-state index contributed by atoms with van der Waals surface area (Å²) in [6.07, 6.45) is 2.87. The number of benzene rings is 2. The van der Waals surface area contributed by atoms with E-state index in [1.807, 2.05) is 6.07 Å². The number of nitrogens with one attached hydrogen (secondary N) is 2. The second-order valence-corrected chi connectivity index (χ2v) is 14.2. The van der Waals surface area contributed by atoms with E-state index in [1.54, 1.807) is 31.2 Å². The largest absolute Gasteiger partial charge is 0.492 e. The van der Waals surface area contributed by atoms with Crippen molar-refractivity contribution in [1.29, 1.82) is 0 Å². The van der Waals surface area contributed by atoms with Crippen molar-refractivity contribution in [2.45, 2.75) is 80.9 Å². The third kappa shape index (κ3) is 7.37. The molecule has 2 N–H and O–H groups in total. The van der Waals surface area contributed by atoms with E-state index in [-0.39, 0.29) is 23.2 Å². The number of fused-ring (bicyclic) bond motifs is 3. The molecule has 8 nitrogen and oxygen atoms in total. The maximum Gasteiger partial charge on any atom is 0.406 e. The third-order valence-corrected chi connectivity index (χ3v) is 10.0. The normalized spacial score (nSPS) is 23.6. The van der Waals surface area contributed by atoms with Crippen LogP contribution in [0.2, 0.25) is 0 Å². The van der Waals surface area contributed by atoms with Gasteiger partial charge in [-0.15, -0.1) is 0 Å². The SMILES string of the molecule is CCOc1cc(S(C)(=O)=O)ccc1NCC#Cc1cc2c(NC3CCC(N4CC5CC(C4)O5)CC3)cccc2n1CC(F)(F)F. The van der Waals surface area contributed by atoms with Crippen LogP contribution in [-0.2, 0) is 21.1 Å². The van der Waals surface area contributed by atoms with Crippen molar-refractivity contribution in [1.82, 2.24) is 9.47 Å². The fourth-order valence-corrected chi connectivity index (χ4v) is 7.42. The number of anilines is 2. The van der Waals surface area contributed by atoms with Gasteiger partial charge in [0.2, 0.25) is 0 Å². The fraction of sp³-hybridized carbons (Fsp3) is 0.515. The quantitative estimate of drug-likeness (QED) is 0.291. The molecular formula is C33H39F3N4O4S. The summed E-state index contributed by atoms with van der Waals surface area (Å²) < 4.78 is 77.6. The van der Waals surface area contributed by atoms with E-state index in [2.05, 4.69) is 27.4 Å². The van der Waals surface area contributed by atoms with Crippen LogP contribution in [0.4, 0.5) is 24.5 Å². The average Bonchev–Trinajstić information content (AvgIpc) is 3.32. The standard InChI is InChI=1S/C33H39F3N4O4S/c1-3-43-32-18-27(45(2,41)42)13-14-30(32)37-15-5-6-24-16-28-29(7-4-8-31(28)40(24)21-33(34,35)36)38-22-9-11-23(12-10-22)39-19-25-17-26(20-39)44-25/h4,7-8,13-14,16,18,22-23,25-26,37-38H,3,9-12,15,17,19-21H2,1-2H3. The Bertz CT molecular complexity index is 1690. The zero-order chi connectivity index (χ0) is 31.8. The number of nitrogens with zero attached hydrogens (tertiary/aromatic N) is 2. The summed E-state index contributed by atoms with van der Waals surface area (Å²) in [5.74, 6) is 6.23. The lowest BCUT2D eigenvalue weighted by Gasteiger charge is -2.50. The average molecular weight is 645 g/mol. The minimum absolute atomic E-state index is 0.116. The maximum absolute atomic E-state index is 13.7. The van der Waals surface area contributed by atoms with E-state index in [0.29, 0.717) is 47.2 Å². The zero-order valence-electron chi connectivity index (χ0n) is 25.5. The van der Waals surface area contributed by atoms with Gasteiger partial charge in [-0.25, -0.2) is 8.42 Å². The number of rotatable bonds is 9. The lowest BCUT2D eigenvalue weighted by Crippen LogP contribution is -2.60. The molecule has 0 amide bonds. The molecule has 2 aromatic carbocycles. The van der Waals surface area contributed by atoms with Gasteiger partial charge in [-0.3, -0.25) is 4.90 Å². The Morgan fingerprint density at radius 2 is 1.78 bits per heavy atom. The molecule has 12 heteroatoms. The Morgan fingerprint density at radius 1 is 1.04 bits per heavy atom. The zero-order valence-corrected chi connectivity index (χ0v) is 26.3.